The SMILES string of the molecule is C[C@H]1CCC[C@H]2C=C(S(=O)(=O)c3ccccc3)CCN21. The molecule has 2 heterocycles. The zero-order valence-corrected chi connectivity index (χ0v) is 12.6. The van der Waals surface area contributed by atoms with Crippen LogP contribution in [0.15, 0.2) is 46.2 Å². The lowest BCUT2D eigenvalue weighted by atomic mass is 9.93. The Hall–Kier alpha value is -1.13. The van der Waals surface area contributed by atoms with Gasteiger partial charge in [-0.3, -0.25) is 4.90 Å². The maximum Gasteiger partial charge on any atom is 0.202 e. The number of nitrogens with zero attached hydrogens (tertiary/aromatic N) is 1. The maximum atomic E-state index is 12.7. The summed E-state index contributed by atoms with van der Waals surface area (Å²) in [5, 5.41) is 0. The Labute approximate surface area is 121 Å². The fraction of sp³-hybridized carbons (Fsp3) is 0.500. The first-order valence-corrected chi connectivity index (χ1v) is 8.84. The van der Waals surface area contributed by atoms with Gasteiger partial charge in [0.25, 0.3) is 0 Å². The van der Waals surface area contributed by atoms with Crippen molar-refractivity contribution in [3.8, 4) is 0 Å². The van der Waals surface area contributed by atoms with Gasteiger partial charge in [0.1, 0.15) is 0 Å². The van der Waals surface area contributed by atoms with Crippen molar-refractivity contribution >= 4 is 9.84 Å². The second-order valence-corrected chi connectivity index (χ2v) is 7.79. The molecule has 0 bridgehead atoms. The summed E-state index contributed by atoms with van der Waals surface area (Å²) in [6, 6.07) is 9.67. The molecule has 1 saturated heterocycles. The normalized spacial score (nSPS) is 27.8. The van der Waals surface area contributed by atoms with E-state index in [0.717, 1.165) is 13.0 Å². The molecule has 20 heavy (non-hydrogen) atoms. The van der Waals surface area contributed by atoms with Crippen LogP contribution in [0.3, 0.4) is 0 Å². The van der Waals surface area contributed by atoms with Crippen LogP contribution in [0.4, 0.5) is 0 Å². The van der Waals surface area contributed by atoms with E-state index in [1.54, 1.807) is 24.3 Å². The third kappa shape index (κ3) is 2.42. The van der Waals surface area contributed by atoms with Crippen molar-refractivity contribution in [2.45, 2.75) is 49.6 Å². The molecule has 0 amide bonds. The summed E-state index contributed by atoms with van der Waals surface area (Å²) >= 11 is 0. The average Bonchev–Trinajstić information content (AvgIpc) is 2.48. The van der Waals surface area contributed by atoms with Crippen LogP contribution < -0.4 is 0 Å². The molecule has 0 spiro atoms. The molecule has 108 valence electrons. The average molecular weight is 291 g/mol. The lowest BCUT2D eigenvalue weighted by Gasteiger charge is -2.42. The first-order chi connectivity index (χ1) is 9.59. The Kier molecular flexibility index (Phi) is 3.69. The van der Waals surface area contributed by atoms with E-state index in [4.69, 9.17) is 0 Å². The van der Waals surface area contributed by atoms with E-state index in [0.29, 0.717) is 28.3 Å². The van der Waals surface area contributed by atoms with Crippen LogP contribution in [0.5, 0.6) is 0 Å². The van der Waals surface area contributed by atoms with Gasteiger partial charge in [0.15, 0.2) is 0 Å². The van der Waals surface area contributed by atoms with Gasteiger partial charge in [-0.2, -0.15) is 0 Å². The summed E-state index contributed by atoms with van der Waals surface area (Å²) in [5.41, 5.74) is 0. The number of fused-ring (bicyclic) bond motifs is 1. The molecule has 0 radical (unpaired) electrons. The topological polar surface area (TPSA) is 37.4 Å². The lowest BCUT2D eigenvalue weighted by Crippen LogP contribution is -2.47. The predicted octanol–water partition coefficient (Wildman–Crippen LogP) is 2.99. The summed E-state index contributed by atoms with van der Waals surface area (Å²) in [6.07, 6.45) is 6.14. The zero-order chi connectivity index (χ0) is 14.2. The highest BCUT2D eigenvalue weighted by Gasteiger charge is 2.33. The minimum absolute atomic E-state index is 0.306. The molecule has 4 heteroatoms. The smallest absolute Gasteiger partial charge is 0.202 e. The molecular weight excluding hydrogens is 270 g/mol. The molecule has 0 unspecified atom stereocenters. The van der Waals surface area contributed by atoms with Crippen molar-refractivity contribution in [3.05, 3.63) is 41.3 Å². The minimum Gasteiger partial charge on any atom is -0.294 e. The van der Waals surface area contributed by atoms with Crippen molar-refractivity contribution in [2.24, 2.45) is 0 Å². The largest absolute Gasteiger partial charge is 0.294 e. The van der Waals surface area contributed by atoms with E-state index >= 15 is 0 Å². The molecular formula is C16H21NO2S. The molecule has 3 nitrogen and oxygen atoms in total. The number of hydrogen-bond donors (Lipinski definition) is 0. The van der Waals surface area contributed by atoms with Gasteiger partial charge in [-0.15, -0.1) is 0 Å². The fourth-order valence-electron chi connectivity index (χ4n) is 3.36. The van der Waals surface area contributed by atoms with Gasteiger partial charge in [0.2, 0.25) is 9.84 Å². The van der Waals surface area contributed by atoms with E-state index in [2.05, 4.69) is 11.8 Å². The van der Waals surface area contributed by atoms with E-state index in [1.807, 2.05) is 12.1 Å². The number of hydrogen-bond acceptors (Lipinski definition) is 3. The van der Waals surface area contributed by atoms with Crippen LogP contribution in [-0.2, 0) is 9.84 Å². The molecule has 3 rings (SSSR count). The van der Waals surface area contributed by atoms with Gasteiger partial charge in [0.05, 0.1) is 4.90 Å². The molecule has 0 N–H and O–H groups in total. The molecule has 1 aromatic rings. The molecule has 1 aromatic carbocycles. The summed E-state index contributed by atoms with van der Waals surface area (Å²) in [4.78, 5) is 3.48. The molecule has 2 aliphatic rings. The van der Waals surface area contributed by atoms with Gasteiger partial charge in [0, 0.05) is 23.5 Å². The Balaban J connectivity index is 1.92. The first kappa shape index (κ1) is 13.8. The van der Waals surface area contributed by atoms with Gasteiger partial charge in [-0.1, -0.05) is 30.7 Å². The van der Waals surface area contributed by atoms with E-state index < -0.39 is 9.84 Å². The highest BCUT2D eigenvalue weighted by Crippen LogP contribution is 2.32. The standard InChI is InChI=1S/C16H21NO2S/c1-13-6-5-7-14-12-16(10-11-17(13)14)20(18,19)15-8-3-2-4-9-15/h2-4,8-9,12-14H,5-7,10-11H2,1H3/t13-,14-/m0/s1. The van der Waals surface area contributed by atoms with Crippen LogP contribution >= 0.6 is 0 Å². The maximum absolute atomic E-state index is 12.7. The third-order valence-corrected chi connectivity index (χ3v) is 6.43. The van der Waals surface area contributed by atoms with Crippen molar-refractivity contribution in [1.29, 1.82) is 0 Å². The van der Waals surface area contributed by atoms with Crippen molar-refractivity contribution in [3.63, 3.8) is 0 Å². The second kappa shape index (κ2) is 5.34. The highest BCUT2D eigenvalue weighted by atomic mass is 32.2. The van der Waals surface area contributed by atoms with E-state index in [1.165, 1.54) is 12.8 Å². The van der Waals surface area contributed by atoms with Crippen LogP contribution in [0.1, 0.15) is 32.6 Å². The summed E-state index contributed by atoms with van der Waals surface area (Å²) in [6.45, 7) is 3.11. The lowest BCUT2D eigenvalue weighted by molar-refractivity contribution is 0.114. The van der Waals surface area contributed by atoms with Gasteiger partial charge < -0.3 is 0 Å². The number of piperidine rings is 1. The number of rotatable bonds is 2. The Morgan fingerprint density at radius 1 is 1.15 bits per heavy atom. The number of benzene rings is 1. The summed E-state index contributed by atoms with van der Waals surface area (Å²) in [7, 11) is -3.30. The predicted molar refractivity (Wildman–Crippen MR) is 80.1 cm³/mol. The van der Waals surface area contributed by atoms with Gasteiger partial charge in [-0.25, -0.2) is 8.42 Å². The molecule has 2 atom stereocenters. The second-order valence-electron chi connectivity index (χ2n) is 5.78. The Morgan fingerprint density at radius 2 is 1.90 bits per heavy atom. The van der Waals surface area contributed by atoms with Crippen molar-refractivity contribution in [1.82, 2.24) is 4.90 Å². The van der Waals surface area contributed by atoms with Gasteiger partial charge in [-0.05, 0) is 38.3 Å². The van der Waals surface area contributed by atoms with E-state index in [-0.39, 0.29) is 0 Å². The summed E-state index contributed by atoms with van der Waals surface area (Å²) < 4.78 is 25.3. The van der Waals surface area contributed by atoms with Crippen LogP contribution in [0, 0.1) is 0 Å². The third-order valence-electron chi connectivity index (χ3n) is 4.51. The number of sulfone groups is 1. The van der Waals surface area contributed by atoms with Crippen LogP contribution in [0.25, 0.3) is 0 Å². The summed E-state index contributed by atoms with van der Waals surface area (Å²) in [5.74, 6) is 0. The Bertz CT molecular complexity index is 607. The van der Waals surface area contributed by atoms with Crippen LogP contribution in [-0.4, -0.2) is 31.9 Å². The molecule has 0 saturated carbocycles. The van der Waals surface area contributed by atoms with Crippen LogP contribution in [0.2, 0.25) is 0 Å². The first-order valence-electron chi connectivity index (χ1n) is 7.35. The monoisotopic (exact) mass is 291 g/mol. The van der Waals surface area contributed by atoms with Crippen molar-refractivity contribution in [2.75, 3.05) is 6.54 Å². The molecule has 2 aliphatic heterocycles. The molecule has 0 aromatic heterocycles. The Morgan fingerprint density at radius 3 is 2.65 bits per heavy atom. The zero-order valence-electron chi connectivity index (χ0n) is 11.8. The minimum atomic E-state index is -3.30. The molecule has 0 aliphatic carbocycles. The highest BCUT2D eigenvalue weighted by molar-refractivity contribution is 7.95. The van der Waals surface area contributed by atoms with Gasteiger partial charge >= 0.3 is 0 Å². The fourth-order valence-corrected chi connectivity index (χ4v) is 4.87. The quantitative estimate of drug-likeness (QED) is 0.840. The van der Waals surface area contributed by atoms with Crippen molar-refractivity contribution < 1.29 is 8.42 Å². The molecule has 1 fully saturated rings. The van der Waals surface area contributed by atoms with E-state index in [9.17, 15) is 8.42 Å².